The number of terminal acetylenes is 1. The first kappa shape index (κ1) is 26.9. The highest BCUT2D eigenvalue weighted by molar-refractivity contribution is 6.05. The van der Waals surface area contributed by atoms with Crippen LogP contribution in [0.4, 0.5) is 0 Å². The normalized spacial score (nSPS) is 44.5. The van der Waals surface area contributed by atoms with E-state index >= 15 is 0 Å². The molecule has 3 saturated carbocycles. The number of carbonyl (C=O) groups is 3. The van der Waals surface area contributed by atoms with E-state index in [1.165, 1.54) is 7.11 Å². The van der Waals surface area contributed by atoms with Gasteiger partial charge >= 0.3 is 5.97 Å². The van der Waals surface area contributed by atoms with Crippen molar-refractivity contribution in [2.75, 3.05) is 7.11 Å². The Hall–Kier alpha value is -2.66. The Morgan fingerprint density at radius 3 is 2.32 bits per heavy atom. The molecule has 5 aliphatic carbocycles. The standard InChI is InChI=1S/C33H41NO4/c1-9-32-17-20(19-34)26(36)29(4,5)23(32)10-11-30(6)24(32)16-22(35)25-21-18-28(2,3)12-14-33(21,27(37)38-8)15-13-31(25,30)7/h1,16-17,21,23,25H,10-15,18H2,2-8H3/t21-,23-,25-,30+,31+,32-,33-/m0/s1. The lowest BCUT2D eigenvalue weighted by Crippen LogP contribution is -2.66. The maximum atomic E-state index is 14.4. The lowest BCUT2D eigenvalue weighted by Gasteiger charge is -2.68. The van der Waals surface area contributed by atoms with Crippen LogP contribution in [-0.2, 0) is 19.1 Å². The van der Waals surface area contributed by atoms with Gasteiger partial charge in [0.25, 0.3) is 0 Å². The summed E-state index contributed by atoms with van der Waals surface area (Å²) in [6.07, 6.45) is 15.3. The number of methoxy groups -OCH3 is 1. The Morgan fingerprint density at radius 1 is 1.05 bits per heavy atom. The molecule has 5 nitrogen and oxygen atoms in total. The Morgan fingerprint density at radius 2 is 1.71 bits per heavy atom. The zero-order chi connectivity index (χ0) is 28.1. The van der Waals surface area contributed by atoms with E-state index in [9.17, 15) is 19.6 Å². The predicted octanol–water partition coefficient (Wildman–Crippen LogP) is 5.99. The summed E-state index contributed by atoms with van der Waals surface area (Å²) in [6.45, 7) is 12.8. The molecular formula is C33H41NO4. The van der Waals surface area contributed by atoms with Gasteiger partial charge in [-0.1, -0.05) is 47.5 Å². The number of allylic oxidation sites excluding steroid dienone is 4. The van der Waals surface area contributed by atoms with E-state index in [1.807, 2.05) is 13.8 Å². The number of fused-ring (bicyclic) bond motifs is 7. The maximum absolute atomic E-state index is 14.4. The Kier molecular flexibility index (Phi) is 5.63. The van der Waals surface area contributed by atoms with E-state index in [0.717, 1.165) is 44.1 Å². The summed E-state index contributed by atoms with van der Waals surface area (Å²) in [4.78, 5) is 41.0. The zero-order valence-corrected chi connectivity index (χ0v) is 24.0. The molecule has 0 unspecified atom stereocenters. The number of nitriles is 1. The van der Waals surface area contributed by atoms with Crippen molar-refractivity contribution in [3.05, 3.63) is 23.3 Å². The van der Waals surface area contributed by atoms with Crippen molar-refractivity contribution in [2.45, 2.75) is 86.5 Å². The molecule has 0 N–H and O–H groups in total. The molecule has 0 heterocycles. The highest BCUT2D eigenvalue weighted by atomic mass is 16.5. The summed E-state index contributed by atoms with van der Waals surface area (Å²) in [5.74, 6) is 2.13. The van der Waals surface area contributed by atoms with Gasteiger partial charge in [0.2, 0.25) is 0 Å². The number of hydrogen-bond acceptors (Lipinski definition) is 5. The van der Waals surface area contributed by atoms with Crippen LogP contribution < -0.4 is 0 Å². The lowest BCUT2D eigenvalue weighted by molar-refractivity contribution is -0.190. The van der Waals surface area contributed by atoms with E-state index in [2.05, 4.69) is 39.7 Å². The van der Waals surface area contributed by atoms with E-state index in [-0.39, 0.29) is 46.3 Å². The third-order valence-electron chi connectivity index (χ3n) is 12.3. The highest BCUT2D eigenvalue weighted by Gasteiger charge is 2.71. The SMILES string of the molecule is C#C[C@]12C=C(C#N)C(=O)C(C)(C)[C@@H]1CC[C@]1(C)C2=CC(=O)[C@@H]2[C@@H]3CC(C)(C)CC[C@]3(C(=O)OC)CC[C@]21C. The van der Waals surface area contributed by atoms with Gasteiger partial charge < -0.3 is 4.74 Å². The molecule has 7 atom stereocenters. The second-order valence-electron chi connectivity index (χ2n) is 14.6. The van der Waals surface area contributed by atoms with Crippen molar-refractivity contribution in [2.24, 2.45) is 50.2 Å². The first-order chi connectivity index (χ1) is 17.6. The molecule has 0 aromatic carbocycles. The first-order valence-electron chi connectivity index (χ1n) is 14.1. The van der Waals surface area contributed by atoms with Crippen LogP contribution in [0, 0.1) is 73.9 Å². The quantitative estimate of drug-likeness (QED) is 0.316. The number of ketones is 2. The molecule has 0 radical (unpaired) electrons. The van der Waals surface area contributed by atoms with Crippen LogP contribution in [0.15, 0.2) is 23.3 Å². The largest absolute Gasteiger partial charge is 0.469 e. The van der Waals surface area contributed by atoms with Crippen LogP contribution in [0.1, 0.15) is 86.5 Å². The zero-order valence-electron chi connectivity index (χ0n) is 24.0. The van der Waals surface area contributed by atoms with Crippen molar-refractivity contribution >= 4 is 17.5 Å². The summed E-state index contributed by atoms with van der Waals surface area (Å²) >= 11 is 0. The molecule has 0 bridgehead atoms. The summed E-state index contributed by atoms with van der Waals surface area (Å²) in [5, 5.41) is 9.89. The van der Waals surface area contributed by atoms with E-state index in [0.29, 0.717) is 6.42 Å². The number of nitrogens with zero attached hydrogens (tertiary/aromatic N) is 1. The molecule has 5 heteroatoms. The minimum absolute atomic E-state index is 0.0293. The van der Waals surface area contributed by atoms with Crippen molar-refractivity contribution in [1.29, 1.82) is 5.26 Å². The van der Waals surface area contributed by atoms with Crippen molar-refractivity contribution in [3.8, 4) is 18.4 Å². The van der Waals surface area contributed by atoms with Crippen molar-refractivity contribution in [3.63, 3.8) is 0 Å². The van der Waals surface area contributed by atoms with Gasteiger partial charge in [0.05, 0.1) is 23.5 Å². The lowest BCUT2D eigenvalue weighted by atomic mass is 9.34. The van der Waals surface area contributed by atoms with Crippen LogP contribution >= 0.6 is 0 Å². The van der Waals surface area contributed by atoms with Gasteiger partial charge in [-0.25, -0.2) is 0 Å². The summed E-state index contributed by atoms with van der Waals surface area (Å²) in [5.41, 5.74) is -2.23. The van der Waals surface area contributed by atoms with Gasteiger partial charge in [-0.05, 0) is 90.8 Å². The van der Waals surface area contributed by atoms with E-state index in [4.69, 9.17) is 11.2 Å². The number of rotatable bonds is 1. The van der Waals surface area contributed by atoms with Crippen LogP contribution in [0.25, 0.3) is 0 Å². The number of esters is 1. The number of carbonyl (C=O) groups excluding carboxylic acids is 3. The molecule has 0 aromatic heterocycles. The van der Waals surface area contributed by atoms with Crippen LogP contribution in [0.3, 0.4) is 0 Å². The second-order valence-corrected chi connectivity index (χ2v) is 14.6. The average Bonchev–Trinajstić information content (AvgIpc) is 2.86. The predicted molar refractivity (Wildman–Crippen MR) is 144 cm³/mol. The van der Waals surface area contributed by atoms with Gasteiger partial charge in [-0.3, -0.25) is 14.4 Å². The molecule has 3 fully saturated rings. The molecule has 5 rings (SSSR count). The van der Waals surface area contributed by atoms with Gasteiger partial charge in [0.15, 0.2) is 11.6 Å². The molecule has 0 aromatic rings. The Bertz CT molecular complexity index is 1290. The number of Topliss-reactive ketones (excluding diaryl/α,β-unsaturated/α-hetero) is 1. The molecule has 0 amide bonds. The molecular weight excluding hydrogens is 474 g/mol. The average molecular weight is 516 g/mol. The Labute approximate surface area is 227 Å². The van der Waals surface area contributed by atoms with E-state index < -0.39 is 27.1 Å². The third-order valence-corrected chi connectivity index (χ3v) is 12.3. The summed E-state index contributed by atoms with van der Waals surface area (Å²) in [7, 11) is 1.47. The van der Waals surface area contributed by atoms with E-state index in [1.54, 1.807) is 12.2 Å². The molecule has 202 valence electrons. The van der Waals surface area contributed by atoms with Crippen LogP contribution in [0.5, 0.6) is 0 Å². The summed E-state index contributed by atoms with van der Waals surface area (Å²) in [6, 6.07) is 2.11. The molecule has 0 aliphatic heterocycles. The first-order valence-corrected chi connectivity index (χ1v) is 14.1. The van der Waals surface area contributed by atoms with Crippen molar-refractivity contribution < 1.29 is 19.1 Å². The highest BCUT2D eigenvalue weighted by Crippen LogP contribution is 2.74. The molecule has 0 saturated heterocycles. The topological polar surface area (TPSA) is 84.2 Å². The fraction of sp³-hybridized carbons (Fsp3) is 0.697. The summed E-state index contributed by atoms with van der Waals surface area (Å²) < 4.78 is 5.40. The second kappa shape index (κ2) is 7.94. The Balaban J connectivity index is 1.74. The molecule has 0 spiro atoms. The molecule has 5 aliphatic rings. The van der Waals surface area contributed by atoms with Gasteiger partial charge in [0.1, 0.15) is 6.07 Å². The van der Waals surface area contributed by atoms with Gasteiger partial charge in [-0.2, -0.15) is 5.26 Å². The minimum atomic E-state index is -0.970. The monoisotopic (exact) mass is 515 g/mol. The minimum Gasteiger partial charge on any atom is -0.469 e. The van der Waals surface area contributed by atoms with Crippen LogP contribution in [-0.4, -0.2) is 24.6 Å². The van der Waals surface area contributed by atoms with Gasteiger partial charge in [0, 0.05) is 11.3 Å². The van der Waals surface area contributed by atoms with Crippen LogP contribution in [0.2, 0.25) is 0 Å². The maximum Gasteiger partial charge on any atom is 0.312 e. The third kappa shape index (κ3) is 3.03. The van der Waals surface area contributed by atoms with Crippen molar-refractivity contribution in [1.82, 2.24) is 0 Å². The number of hydrogen-bond donors (Lipinski definition) is 0. The number of ether oxygens (including phenoxy) is 1. The smallest absolute Gasteiger partial charge is 0.312 e. The fourth-order valence-corrected chi connectivity index (χ4v) is 9.91. The van der Waals surface area contributed by atoms with Gasteiger partial charge in [-0.15, -0.1) is 6.42 Å². The molecule has 38 heavy (non-hydrogen) atoms. The fourth-order valence-electron chi connectivity index (χ4n) is 9.91.